The van der Waals surface area contributed by atoms with Gasteiger partial charge in [0.2, 0.25) is 0 Å². The molecule has 8 heteroatoms. The molecule has 0 saturated heterocycles. The number of sulfonamides is 1. The van der Waals surface area contributed by atoms with Crippen LogP contribution >= 0.6 is 22.6 Å². The van der Waals surface area contributed by atoms with Gasteiger partial charge in [0, 0.05) is 3.57 Å². The number of aliphatic hydroxyl groups is 1. The van der Waals surface area contributed by atoms with Gasteiger partial charge in [0.25, 0.3) is 10.0 Å². The van der Waals surface area contributed by atoms with Gasteiger partial charge in [-0.25, -0.2) is 17.2 Å². The molecule has 0 bridgehead atoms. The maximum Gasteiger partial charge on any atom is 0.264 e. The van der Waals surface area contributed by atoms with Crippen molar-refractivity contribution in [3.8, 4) is 0 Å². The summed E-state index contributed by atoms with van der Waals surface area (Å²) in [4.78, 5) is -0.715. The number of hydrogen-bond donors (Lipinski definition) is 2. The first-order chi connectivity index (χ1) is 9.86. The van der Waals surface area contributed by atoms with Crippen molar-refractivity contribution in [3.63, 3.8) is 0 Å². The van der Waals surface area contributed by atoms with Crippen LogP contribution in [0.3, 0.4) is 0 Å². The van der Waals surface area contributed by atoms with Crippen LogP contribution in [0.5, 0.6) is 0 Å². The molecule has 2 rings (SSSR count). The summed E-state index contributed by atoms with van der Waals surface area (Å²) < 4.78 is 54.6. The number of hydrogen-bond acceptors (Lipinski definition) is 3. The minimum atomic E-state index is -4.22. The quantitative estimate of drug-likeness (QED) is 0.741. The predicted octanol–water partition coefficient (Wildman–Crippen LogP) is 2.86. The van der Waals surface area contributed by atoms with Crippen molar-refractivity contribution in [1.29, 1.82) is 0 Å². The first-order valence-electron chi connectivity index (χ1n) is 5.72. The topological polar surface area (TPSA) is 66.4 Å². The van der Waals surface area contributed by atoms with Crippen LogP contribution in [0.25, 0.3) is 0 Å². The summed E-state index contributed by atoms with van der Waals surface area (Å²) in [5.41, 5.74) is -0.395. The van der Waals surface area contributed by atoms with Gasteiger partial charge >= 0.3 is 0 Å². The Morgan fingerprint density at radius 1 is 1.14 bits per heavy atom. The Bertz CT molecular complexity index is 781. The van der Waals surface area contributed by atoms with Gasteiger partial charge in [-0.15, -0.1) is 0 Å². The fourth-order valence-corrected chi connectivity index (χ4v) is 3.56. The van der Waals surface area contributed by atoms with Crippen LogP contribution in [0.2, 0.25) is 0 Å². The van der Waals surface area contributed by atoms with Crippen LogP contribution in [0, 0.1) is 15.2 Å². The van der Waals surface area contributed by atoms with E-state index >= 15 is 0 Å². The highest BCUT2D eigenvalue weighted by Crippen LogP contribution is 2.25. The zero-order chi connectivity index (χ0) is 15.6. The second-order valence-corrected chi connectivity index (χ2v) is 6.89. The molecular formula is C13H10F2INO3S. The van der Waals surface area contributed by atoms with Crippen molar-refractivity contribution in [2.45, 2.75) is 11.5 Å². The van der Waals surface area contributed by atoms with Crippen LogP contribution in [0.1, 0.15) is 5.56 Å². The third-order valence-corrected chi connectivity index (χ3v) is 5.04. The highest BCUT2D eigenvalue weighted by molar-refractivity contribution is 14.1. The van der Waals surface area contributed by atoms with E-state index in [1.165, 1.54) is 6.07 Å². The van der Waals surface area contributed by atoms with E-state index in [0.29, 0.717) is 3.57 Å². The predicted molar refractivity (Wildman–Crippen MR) is 82.2 cm³/mol. The minimum absolute atomic E-state index is 0.285. The molecule has 0 aliphatic heterocycles. The molecule has 2 aromatic rings. The summed E-state index contributed by atoms with van der Waals surface area (Å²) in [5.74, 6) is -2.29. The first kappa shape index (κ1) is 16.1. The summed E-state index contributed by atoms with van der Waals surface area (Å²) in [7, 11) is -4.22. The molecule has 0 aromatic heterocycles. The van der Waals surface area contributed by atoms with E-state index in [0.717, 1.165) is 12.1 Å². The Labute approximate surface area is 134 Å². The molecule has 21 heavy (non-hydrogen) atoms. The smallest absolute Gasteiger partial charge is 0.264 e. The van der Waals surface area contributed by atoms with E-state index in [-0.39, 0.29) is 5.69 Å². The van der Waals surface area contributed by atoms with Gasteiger partial charge in [-0.2, -0.15) is 0 Å². The Kier molecular flexibility index (Phi) is 4.79. The van der Waals surface area contributed by atoms with Crippen molar-refractivity contribution in [2.75, 3.05) is 4.72 Å². The number of nitrogens with one attached hydrogen (secondary N) is 1. The van der Waals surface area contributed by atoms with E-state index in [9.17, 15) is 17.2 Å². The lowest BCUT2D eigenvalue weighted by Crippen LogP contribution is -2.16. The van der Waals surface area contributed by atoms with Gasteiger partial charge in [-0.05, 0) is 46.9 Å². The Morgan fingerprint density at radius 3 is 2.43 bits per heavy atom. The second-order valence-electron chi connectivity index (χ2n) is 4.08. The third-order valence-electron chi connectivity index (χ3n) is 2.72. The van der Waals surface area contributed by atoms with Crippen molar-refractivity contribution < 1.29 is 22.3 Å². The Morgan fingerprint density at radius 2 is 1.81 bits per heavy atom. The fraction of sp³-hybridized carbons (Fsp3) is 0.0769. The molecule has 0 amide bonds. The summed E-state index contributed by atoms with van der Waals surface area (Å²) >= 11 is 1.93. The summed E-state index contributed by atoms with van der Waals surface area (Å²) in [6.07, 6.45) is 0. The van der Waals surface area contributed by atoms with Crippen LogP contribution in [0.15, 0.2) is 41.3 Å². The van der Waals surface area contributed by atoms with E-state index < -0.39 is 38.7 Å². The molecular weight excluding hydrogens is 415 g/mol. The first-order valence-corrected chi connectivity index (χ1v) is 8.28. The van der Waals surface area contributed by atoms with E-state index in [1.54, 1.807) is 18.2 Å². The monoisotopic (exact) mass is 425 g/mol. The number of para-hydroxylation sites is 1. The van der Waals surface area contributed by atoms with Crippen molar-refractivity contribution in [3.05, 3.63) is 57.2 Å². The lowest BCUT2D eigenvalue weighted by molar-refractivity contribution is 0.267. The molecule has 0 aliphatic rings. The number of rotatable bonds is 4. The van der Waals surface area contributed by atoms with Crippen LogP contribution < -0.4 is 4.72 Å². The lowest BCUT2D eigenvalue weighted by atomic mass is 10.2. The average molecular weight is 425 g/mol. The number of aliphatic hydroxyl groups excluding tert-OH is 1. The van der Waals surface area contributed by atoms with Gasteiger partial charge in [-0.3, -0.25) is 4.72 Å². The maximum atomic E-state index is 14.0. The highest BCUT2D eigenvalue weighted by Gasteiger charge is 2.24. The van der Waals surface area contributed by atoms with Gasteiger partial charge in [0.15, 0.2) is 5.82 Å². The molecule has 0 heterocycles. The third kappa shape index (κ3) is 3.33. The molecule has 0 saturated carbocycles. The standard InChI is InChI=1S/C13H10F2INO3S/c14-9-5-6-12(13(15)8(9)7-18)21(19,20)17-11-4-2-1-3-10(11)16/h1-6,17-18H,7H2. The average Bonchev–Trinajstić information content (AvgIpc) is 2.41. The van der Waals surface area contributed by atoms with Gasteiger partial charge in [0.05, 0.1) is 17.9 Å². The summed E-state index contributed by atoms with van der Waals surface area (Å²) in [6, 6.07) is 8.18. The van der Waals surface area contributed by atoms with Crippen molar-refractivity contribution >= 4 is 38.3 Å². The molecule has 0 aliphatic carbocycles. The number of benzene rings is 2. The maximum absolute atomic E-state index is 14.0. The van der Waals surface area contributed by atoms with Gasteiger partial charge in [0.1, 0.15) is 10.7 Å². The van der Waals surface area contributed by atoms with Crippen molar-refractivity contribution in [1.82, 2.24) is 0 Å². The zero-order valence-corrected chi connectivity index (χ0v) is 13.5. The second kappa shape index (κ2) is 6.24. The largest absolute Gasteiger partial charge is 0.391 e. The molecule has 2 aromatic carbocycles. The van der Waals surface area contributed by atoms with Gasteiger partial charge < -0.3 is 5.11 Å². The van der Waals surface area contributed by atoms with Crippen LogP contribution in [-0.2, 0) is 16.6 Å². The molecule has 2 N–H and O–H groups in total. The normalized spacial score (nSPS) is 11.4. The van der Waals surface area contributed by atoms with E-state index in [4.69, 9.17) is 5.11 Å². The molecule has 4 nitrogen and oxygen atoms in total. The SMILES string of the molecule is O=S(=O)(Nc1ccccc1I)c1ccc(F)c(CO)c1F. The lowest BCUT2D eigenvalue weighted by Gasteiger charge is -2.12. The fourth-order valence-electron chi connectivity index (χ4n) is 1.67. The number of halogens is 3. The van der Waals surface area contributed by atoms with Crippen molar-refractivity contribution in [2.24, 2.45) is 0 Å². The minimum Gasteiger partial charge on any atom is -0.391 e. The molecule has 0 atom stereocenters. The van der Waals surface area contributed by atoms with E-state index in [2.05, 4.69) is 4.72 Å². The van der Waals surface area contributed by atoms with E-state index in [1.807, 2.05) is 22.6 Å². The highest BCUT2D eigenvalue weighted by atomic mass is 127. The molecule has 0 fully saturated rings. The summed E-state index contributed by atoms with van der Waals surface area (Å²) in [5, 5.41) is 8.93. The van der Waals surface area contributed by atoms with Crippen LogP contribution in [-0.4, -0.2) is 13.5 Å². The molecule has 112 valence electrons. The molecule has 0 radical (unpaired) electrons. The zero-order valence-electron chi connectivity index (χ0n) is 10.5. The van der Waals surface area contributed by atoms with Crippen LogP contribution in [0.4, 0.5) is 14.5 Å². The summed E-state index contributed by atoms with van der Waals surface area (Å²) in [6.45, 7) is -0.927. The Hall–Kier alpha value is -1.26. The molecule has 0 spiro atoms. The Balaban J connectivity index is 2.48. The molecule has 0 unspecified atom stereocenters. The number of anilines is 1. The van der Waals surface area contributed by atoms with Gasteiger partial charge in [-0.1, -0.05) is 12.1 Å².